The van der Waals surface area contributed by atoms with Gasteiger partial charge in [0.2, 0.25) is 5.91 Å². The topological polar surface area (TPSA) is 77.3 Å². The normalized spacial score (nSPS) is 14.4. The monoisotopic (exact) mass is 396 g/mol. The summed E-state index contributed by atoms with van der Waals surface area (Å²) >= 11 is 1.26. The van der Waals surface area contributed by atoms with Crippen LogP contribution in [-0.4, -0.2) is 57.4 Å². The average molecular weight is 396 g/mol. The number of hydrogen-bond donors (Lipinski definition) is 0. The molecule has 2 aromatic heterocycles. The van der Waals surface area contributed by atoms with Gasteiger partial charge in [-0.15, -0.1) is 0 Å². The number of pyridine rings is 1. The van der Waals surface area contributed by atoms with Gasteiger partial charge < -0.3 is 9.64 Å². The second-order valence-corrected chi connectivity index (χ2v) is 7.42. The third-order valence-electron chi connectivity index (χ3n) is 4.63. The van der Waals surface area contributed by atoms with Gasteiger partial charge in [-0.2, -0.15) is 0 Å². The molecule has 8 heteroatoms. The Morgan fingerprint density at radius 3 is 2.75 bits per heavy atom. The lowest BCUT2D eigenvalue weighted by atomic mass is 10.2. The smallest absolute Gasteiger partial charge is 0.267 e. The number of benzene rings is 1. The summed E-state index contributed by atoms with van der Waals surface area (Å²) < 4.78 is 6.81. The van der Waals surface area contributed by atoms with Crippen LogP contribution in [0.1, 0.15) is 5.56 Å². The fraction of sp³-hybridized carbons (Fsp3) is 0.300. The van der Waals surface area contributed by atoms with Crippen LogP contribution in [0.4, 0.5) is 0 Å². The molecular formula is C20H20N4O3S. The van der Waals surface area contributed by atoms with Gasteiger partial charge >= 0.3 is 0 Å². The molecule has 3 heterocycles. The predicted molar refractivity (Wildman–Crippen MR) is 108 cm³/mol. The first-order valence-corrected chi connectivity index (χ1v) is 10.1. The first-order valence-electron chi connectivity index (χ1n) is 9.07. The van der Waals surface area contributed by atoms with E-state index in [1.165, 1.54) is 16.3 Å². The molecule has 0 N–H and O–H groups in total. The highest BCUT2D eigenvalue weighted by molar-refractivity contribution is 7.99. The number of hydrogen-bond acceptors (Lipinski definition) is 6. The number of aryl methyl sites for hydroxylation is 1. The lowest BCUT2D eigenvalue weighted by molar-refractivity contribution is -0.132. The van der Waals surface area contributed by atoms with E-state index < -0.39 is 0 Å². The number of thioether (sulfide) groups is 1. The zero-order chi connectivity index (χ0) is 19.5. The van der Waals surface area contributed by atoms with Gasteiger partial charge in [-0.25, -0.2) is 14.5 Å². The summed E-state index contributed by atoms with van der Waals surface area (Å²) in [6, 6.07) is 11.0. The zero-order valence-corrected chi connectivity index (χ0v) is 16.3. The molecule has 1 saturated heterocycles. The predicted octanol–water partition coefficient (Wildman–Crippen LogP) is 2.04. The van der Waals surface area contributed by atoms with Crippen LogP contribution in [0.25, 0.3) is 16.7 Å². The van der Waals surface area contributed by atoms with Gasteiger partial charge in [-0.05, 0) is 30.7 Å². The number of ether oxygens (including phenoxy) is 1. The number of aromatic nitrogens is 3. The molecule has 1 aliphatic heterocycles. The molecule has 1 amide bonds. The largest absolute Gasteiger partial charge is 0.378 e. The Morgan fingerprint density at radius 1 is 1.18 bits per heavy atom. The maximum absolute atomic E-state index is 13.2. The quantitative estimate of drug-likeness (QED) is 0.496. The van der Waals surface area contributed by atoms with Crippen LogP contribution < -0.4 is 5.56 Å². The molecule has 1 aromatic carbocycles. The standard InChI is InChI=1S/C20H20N4O3S/c1-14-5-4-8-21-18(14)24-19(26)15-6-2-3-7-16(15)22-20(24)28-13-17(25)23-9-11-27-12-10-23/h2-8H,9-13H2,1H3. The summed E-state index contributed by atoms with van der Waals surface area (Å²) in [4.78, 5) is 36.6. The molecule has 0 bridgehead atoms. The summed E-state index contributed by atoms with van der Waals surface area (Å²) in [6.45, 7) is 4.20. The van der Waals surface area contributed by atoms with Gasteiger partial charge in [-0.1, -0.05) is 30.0 Å². The maximum Gasteiger partial charge on any atom is 0.267 e. The van der Waals surface area contributed by atoms with Crippen molar-refractivity contribution in [2.45, 2.75) is 12.1 Å². The number of fused-ring (bicyclic) bond motifs is 1. The number of para-hydroxylation sites is 1. The Hall–Kier alpha value is -2.71. The maximum atomic E-state index is 13.2. The molecule has 28 heavy (non-hydrogen) atoms. The Bertz CT molecular complexity index is 1080. The minimum Gasteiger partial charge on any atom is -0.378 e. The van der Waals surface area contributed by atoms with E-state index in [1.807, 2.05) is 31.2 Å². The van der Waals surface area contributed by atoms with Crippen molar-refractivity contribution in [1.29, 1.82) is 0 Å². The van der Waals surface area contributed by atoms with E-state index in [0.29, 0.717) is 48.2 Å². The SMILES string of the molecule is Cc1cccnc1-n1c(SCC(=O)N2CCOCC2)nc2ccccc2c1=O. The Labute approximate surface area is 166 Å². The fourth-order valence-electron chi connectivity index (χ4n) is 3.14. The number of amides is 1. The summed E-state index contributed by atoms with van der Waals surface area (Å²) in [5.74, 6) is 0.753. The number of carbonyl (C=O) groups excluding carboxylic acids is 1. The molecule has 1 aliphatic rings. The second kappa shape index (κ2) is 8.12. The van der Waals surface area contributed by atoms with Crippen LogP contribution in [0, 0.1) is 6.92 Å². The Balaban J connectivity index is 1.74. The van der Waals surface area contributed by atoms with Gasteiger partial charge in [0.15, 0.2) is 5.16 Å². The highest BCUT2D eigenvalue weighted by atomic mass is 32.2. The summed E-state index contributed by atoms with van der Waals surface area (Å²) in [5, 5.41) is 0.989. The van der Waals surface area contributed by atoms with Gasteiger partial charge in [0.1, 0.15) is 5.82 Å². The molecule has 3 aromatic rings. The van der Waals surface area contributed by atoms with Crippen molar-refractivity contribution in [3.05, 3.63) is 58.5 Å². The highest BCUT2D eigenvalue weighted by Crippen LogP contribution is 2.22. The molecule has 0 atom stereocenters. The van der Waals surface area contributed by atoms with Crippen LogP contribution in [0.15, 0.2) is 52.5 Å². The molecule has 144 valence electrons. The molecule has 4 rings (SSSR count). The molecule has 0 aliphatic carbocycles. The van der Waals surface area contributed by atoms with E-state index in [4.69, 9.17) is 4.74 Å². The van der Waals surface area contributed by atoms with E-state index in [9.17, 15) is 9.59 Å². The minimum atomic E-state index is -0.186. The third-order valence-corrected chi connectivity index (χ3v) is 5.55. The van der Waals surface area contributed by atoms with E-state index in [0.717, 1.165) is 5.56 Å². The van der Waals surface area contributed by atoms with Gasteiger partial charge in [0, 0.05) is 19.3 Å². The zero-order valence-electron chi connectivity index (χ0n) is 15.5. The van der Waals surface area contributed by atoms with Crippen molar-refractivity contribution in [2.75, 3.05) is 32.1 Å². The van der Waals surface area contributed by atoms with Crippen molar-refractivity contribution >= 4 is 28.6 Å². The summed E-state index contributed by atoms with van der Waals surface area (Å²) in [7, 11) is 0. The van der Waals surface area contributed by atoms with Crippen molar-refractivity contribution in [1.82, 2.24) is 19.4 Å². The average Bonchev–Trinajstić information content (AvgIpc) is 2.73. The number of rotatable bonds is 4. The van der Waals surface area contributed by atoms with Crippen molar-refractivity contribution in [2.24, 2.45) is 0 Å². The number of carbonyl (C=O) groups is 1. The van der Waals surface area contributed by atoms with Crippen molar-refractivity contribution in [3.8, 4) is 5.82 Å². The lowest BCUT2D eigenvalue weighted by Gasteiger charge is -2.26. The third kappa shape index (κ3) is 3.65. The van der Waals surface area contributed by atoms with Crippen molar-refractivity contribution < 1.29 is 9.53 Å². The minimum absolute atomic E-state index is 0.0139. The summed E-state index contributed by atoms with van der Waals surface area (Å²) in [6.07, 6.45) is 1.65. The van der Waals surface area contributed by atoms with E-state index >= 15 is 0 Å². The van der Waals surface area contributed by atoms with E-state index in [2.05, 4.69) is 9.97 Å². The van der Waals surface area contributed by atoms with E-state index in [1.54, 1.807) is 23.2 Å². The van der Waals surface area contributed by atoms with Gasteiger partial charge in [-0.3, -0.25) is 9.59 Å². The molecule has 7 nitrogen and oxygen atoms in total. The van der Waals surface area contributed by atoms with Crippen LogP contribution in [0.3, 0.4) is 0 Å². The molecule has 0 unspecified atom stereocenters. The molecule has 0 spiro atoms. The fourth-order valence-corrected chi connectivity index (χ4v) is 4.03. The Kier molecular flexibility index (Phi) is 5.40. The van der Waals surface area contributed by atoms with Crippen LogP contribution in [0.2, 0.25) is 0 Å². The van der Waals surface area contributed by atoms with Crippen molar-refractivity contribution in [3.63, 3.8) is 0 Å². The molecule has 0 saturated carbocycles. The van der Waals surface area contributed by atoms with E-state index in [-0.39, 0.29) is 17.2 Å². The lowest BCUT2D eigenvalue weighted by Crippen LogP contribution is -2.41. The van der Waals surface area contributed by atoms with Gasteiger partial charge in [0.25, 0.3) is 5.56 Å². The van der Waals surface area contributed by atoms with Crippen LogP contribution >= 0.6 is 11.8 Å². The first kappa shape index (κ1) is 18.6. The number of nitrogens with zero attached hydrogens (tertiary/aromatic N) is 4. The Morgan fingerprint density at radius 2 is 1.96 bits per heavy atom. The molecular weight excluding hydrogens is 376 g/mol. The second-order valence-electron chi connectivity index (χ2n) is 6.48. The first-order chi connectivity index (χ1) is 13.6. The van der Waals surface area contributed by atoms with Gasteiger partial charge in [0.05, 0.1) is 29.9 Å². The summed E-state index contributed by atoms with van der Waals surface area (Å²) in [5.41, 5.74) is 1.29. The molecule has 1 fully saturated rings. The highest BCUT2D eigenvalue weighted by Gasteiger charge is 2.20. The number of morpholine rings is 1. The van der Waals surface area contributed by atoms with Crippen LogP contribution in [-0.2, 0) is 9.53 Å². The molecule has 0 radical (unpaired) electrons. The van der Waals surface area contributed by atoms with Crippen LogP contribution in [0.5, 0.6) is 0 Å².